The van der Waals surface area contributed by atoms with Gasteiger partial charge < -0.3 is 15.0 Å². The van der Waals surface area contributed by atoms with Gasteiger partial charge in [-0.1, -0.05) is 0 Å². The molecular formula is C20H21FN6O2. The molecule has 0 radical (unpaired) electrons. The van der Waals surface area contributed by atoms with Gasteiger partial charge in [0.2, 0.25) is 5.88 Å². The van der Waals surface area contributed by atoms with Crippen molar-refractivity contribution in [2.45, 2.75) is 37.8 Å². The lowest BCUT2D eigenvalue weighted by Gasteiger charge is -2.26. The SMILES string of the molecule is COc1ncc(F)cc1C1CCCN1c1ccn2ncc(C(=O)NC3CC3)c2n1. The Bertz CT molecular complexity index is 1080. The smallest absolute Gasteiger partial charge is 0.256 e. The molecule has 1 amide bonds. The summed E-state index contributed by atoms with van der Waals surface area (Å²) in [7, 11) is 1.53. The Kier molecular flexibility index (Phi) is 4.30. The monoisotopic (exact) mass is 396 g/mol. The van der Waals surface area contributed by atoms with Gasteiger partial charge in [-0.3, -0.25) is 4.79 Å². The zero-order valence-corrected chi connectivity index (χ0v) is 16.0. The molecule has 0 spiro atoms. The van der Waals surface area contributed by atoms with E-state index in [0.29, 0.717) is 28.5 Å². The fourth-order valence-electron chi connectivity index (χ4n) is 3.89. The van der Waals surface area contributed by atoms with E-state index in [4.69, 9.17) is 9.72 Å². The normalized spacial score (nSPS) is 19.0. The van der Waals surface area contributed by atoms with Crippen molar-refractivity contribution in [3.8, 4) is 5.88 Å². The largest absolute Gasteiger partial charge is 0.481 e. The van der Waals surface area contributed by atoms with Gasteiger partial charge in [-0.15, -0.1) is 0 Å². The van der Waals surface area contributed by atoms with Crippen LogP contribution in [-0.4, -0.2) is 45.2 Å². The Morgan fingerprint density at radius 3 is 2.97 bits per heavy atom. The molecule has 1 unspecified atom stereocenters. The van der Waals surface area contributed by atoms with Gasteiger partial charge in [-0.25, -0.2) is 18.9 Å². The van der Waals surface area contributed by atoms with E-state index in [0.717, 1.165) is 38.4 Å². The maximum absolute atomic E-state index is 13.9. The minimum absolute atomic E-state index is 0.102. The van der Waals surface area contributed by atoms with E-state index in [1.165, 1.54) is 13.2 Å². The summed E-state index contributed by atoms with van der Waals surface area (Å²) in [6.45, 7) is 0.769. The van der Waals surface area contributed by atoms with Crippen LogP contribution in [-0.2, 0) is 0 Å². The zero-order chi connectivity index (χ0) is 20.0. The second-order valence-electron chi connectivity index (χ2n) is 7.46. The highest BCUT2D eigenvalue weighted by molar-refractivity contribution is 6.00. The number of halogens is 1. The second kappa shape index (κ2) is 6.98. The fraction of sp³-hybridized carbons (Fsp3) is 0.400. The average Bonchev–Trinajstić information content (AvgIpc) is 3.25. The van der Waals surface area contributed by atoms with Crippen molar-refractivity contribution in [2.24, 2.45) is 0 Å². The van der Waals surface area contributed by atoms with Crippen LogP contribution in [0.15, 0.2) is 30.7 Å². The van der Waals surface area contributed by atoms with E-state index in [1.807, 2.05) is 6.07 Å². The lowest BCUT2D eigenvalue weighted by molar-refractivity contribution is 0.0952. The predicted octanol–water partition coefficient (Wildman–Crippen LogP) is 2.51. The molecule has 1 aliphatic heterocycles. The van der Waals surface area contributed by atoms with Gasteiger partial charge >= 0.3 is 0 Å². The number of amides is 1. The number of nitrogens with one attached hydrogen (secondary N) is 1. The van der Waals surface area contributed by atoms with Crippen LogP contribution < -0.4 is 15.0 Å². The fourth-order valence-corrected chi connectivity index (χ4v) is 3.89. The van der Waals surface area contributed by atoms with E-state index in [2.05, 4.69) is 20.3 Å². The molecule has 1 saturated carbocycles. The second-order valence-corrected chi connectivity index (χ2v) is 7.46. The van der Waals surface area contributed by atoms with Crippen LogP contribution in [0.1, 0.15) is 47.6 Å². The number of carbonyl (C=O) groups is 1. The Labute approximate surface area is 166 Å². The summed E-state index contributed by atoms with van der Waals surface area (Å²) in [5.41, 5.74) is 1.67. The van der Waals surface area contributed by atoms with Crippen molar-refractivity contribution in [2.75, 3.05) is 18.6 Å². The van der Waals surface area contributed by atoms with E-state index < -0.39 is 5.82 Å². The van der Waals surface area contributed by atoms with Crippen molar-refractivity contribution >= 4 is 17.4 Å². The highest BCUT2D eigenvalue weighted by atomic mass is 19.1. The van der Waals surface area contributed by atoms with Gasteiger partial charge in [0, 0.05) is 24.3 Å². The number of hydrogen-bond donors (Lipinski definition) is 1. The molecule has 8 nitrogen and oxygen atoms in total. The summed E-state index contributed by atoms with van der Waals surface area (Å²) in [5, 5.41) is 7.23. The Hall–Kier alpha value is -3.23. The van der Waals surface area contributed by atoms with Crippen LogP contribution in [0, 0.1) is 5.82 Å². The Morgan fingerprint density at radius 1 is 1.31 bits per heavy atom. The number of methoxy groups -OCH3 is 1. The first-order chi connectivity index (χ1) is 14.1. The maximum atomic E-state index is 13.9. The molecule has 1 atom stereocenters. The molecular weight excluding hydrogens is 375 g/mol. The third-order valence-corrected chi connectivity index (χ3v) is 5.46. The first kappa shape index (κ1) is 17.8. The summed E-state index contributed by atoms with van der Waals surface area (Å²) in [6.07, 6.45) is 8.30. The van der Waals surface area contributed by atoms with Crippen molar-refractivity contribution in [3.63, 3.8) is 0 Å². The first-order valence-corrected chi connectivity index (χ1v) is 9.75. The van der Waals surface area contributed by atoms with Crippen molar-refractivity contribution < 1.29 is 13.9 Å². The number of aromatic nitrogens is 4. The lowest BCUT2D eigenvalue weighted by Crippen LogP contribution is -2.26. The molecule has 150 valence electrons. The van der Waals surface area contributed by atoms with E-state index >= 15 is 0 Å². The molecule has 0 aromatic carbocycles. The number of carbonyl (C=O) groups excluding carboxylic acids is 1. The zero-order valence-electron chi connectivity index (χ0n) is 16.0. The standard InChI is InChI=1S/C20H21FN6O2/c1-29-20-14(9-12(21)10-22-20)16-3-2-7-26(16)17-6-8-27-18(25-17)15(11-23-27)19(28)24-13-4-5-13/h6,8-11,13,16H,2-5,7H2,1H3,(H,24,28). The number of rotatable bonds is 5. The highest BCUT2D eigenvalue weighted by Crippen LogP contribution is 2.38. The van der Waals surface area contributed by atoms with Crippen LogP contribution >= 0.6 is 0 Å². The quantitative estimate of drug-likeness (QED) is 0.713. The van der Waals surface area contributed by atoms with Crippen molar-refractivity contribution in [1.29, 1.82) is 0 Å². The lowest BCUT2D eigenvalue weighted by atomic mass is 10.1. The van der Waals surface area contributed by atoms with Gasteiger partial charge in [0.1, 0.15) is 17.2 Å². The van der Waals surface area contributed by atoms with Gasteiger partial charge in [0.05, 0.1) is 25.5 Å². The van der Waals surface area contributed by atoms with Crippen LogP contribution in [0.2, 0.25) is 0 Å². The molecule has 1 aliphatic carbocycles. The van der Waals surface area contributed by atoms with Crippen LogP contribution in [0.3, 0.4) is 0 Å². The Morgan fingerprint density at radius 2 is 2.17 bits per heavy atom. The predicted molar refractivity (Wildman–Crippen MR) is 104 cm³/mol. The molecule has 3 aromatic heterocycles. The minimum Gasteiger partial charge on any atom is -0.481 e. The van der Waals surface area contributed by atoms with Crippen molar-refractivity contribution in [3.05, 3.63) is 47.7 Å². The molecule has 29 heavy (non-hydrogen) atoms. The molecule has 2 fully saturated rings. The molecule has 0 bridgehead atoms. The molecule has 4 heterocycles. The van der Waals surface area contributed by atoms with E-state index in [9.17, 15) is 9.18 Å². The van der Waals surface area contributed by atoms with Gasteiger partial charge in [-0.05, 0) is 37.8 Å². The molecule has 2 aliphatic rings. The number of ether oxygens (including phenoxy) is 1. The Balaban J connectivity index is 1.51. The summed E-state index contributed by atoms with van der Waals surface area (Å²) in [5.74, 6) is 0.581. The van der Waals surface area contributed by atoms with E-state index in [1.54, 1.807) is 16.9 Å². The summed E-state index contributed by atoms with van der Waals surface area (Å²) >= 11 is 0. The third-order valence-electron chi connectivity index (χ3n) is 5.46. The number of fused-ring (bicyclic) bond motifs is 1. The molecule has 1 N–H and O–H groups in total. The third kappa shape index (κ3) is 3.26. The molecule has 9 heteroatoms. The summed E-state index contributed by atoms with van der Waals surface area (Å²) in [4.78, 5) is 23.4. The number of pyridine rings is 1. The van der Waals surface area contributed by atoms with E-state index in [-0.39, 0.29) is 18.0 Å². The molecule has 5 rings (SSSR count). The highest BCUT2D eigenvalue weighted by Gasteiger charge is 2.31. The topological polar surface area (TPSA) is 84.6 Å². The summed E-state index contributed by atoms with van der Waals surface area (Å²) in [6, 6.07) is 3.49. The van der Waals surface area contributed by atoms with Crippen LogP contribution in [0.5, 0.6) is 5.88 Å². The molecule has 3 aromatic rings. The minimum atomic E-state index is -0.397. The summed E-state index contributed by atoms with van der Waals surface area (Å²) < 4.78 is 20.8. The van der Waals surface area contributed by atoms with Gasteiger partial charge in [0.25, 0.3) is 5.91 Å². The first-order valence-electron chi connectivity index (χ1n) is 9.75. The van der Waals surface area contributed by atoms with Gasteiger partial charge in [0.15, 0.2) is 5.65 Å². The number of nitrogens with zero attached hydrogens (tertiary/aromatic N) is 5. The number of anilines is 1. The maximum Gasteiger partial charge on any atom is 0.256 e. The van der Waals surface area contributed by atoms with Gasteiger partial charge in [-0.2, -0.15) is 5.10 Å². The average molecular weight is 396 g/mol. The molecule has 1 saturated heterocycles. The number of hydrogen-bond acceptors (Lipinski definition) is 6. The van der Waals surface area contributed by atoms with Crippen LogP contribution in [0.4, 0.5) is 10.2 Å². The van der Waals surface area contributed by atoms with Crippen LogP contribution in [0.25, 0.3) is 5.65 Å². The van der Waals surface area contributed by atoms with Crippen molar-refractivity contribution in [1.82, 2.24) is 24.9 Å².